The van der Waals surface area contributed by atoms with Gasteiger partial charge < -0.3 is 9.84 Å². The van der Waals surface area contributed by atoms with Gasteiger partial charge >= 0.3 is 0 Å². The van der Waals surface area contributed by atoms with E-state index in [0.29, 0.717) is 6.42 Å². The van der Waals surface area contributed by atoms with Crippen molar-refractivity contribution in [3.05, 3.63) is 0 Å². The Bertz CT molecular complexity index is 137. The molecule has 0 aromatic heterocycles. The van der Waals surface area contributed by atoms with E-state index in [2.05, 4.69) is 5.92 Å². The minimum absolute atomic E-state index is 0.112. The fourth-order valence-corrected chi connectivity index (χ4v) is 1.14. The van der Waals surface area contributed by atoms with E-state index in [1.807, 2.05) is 0 Å². The summed E-state index contributed by atoms with van der Waals surface area (Å²) in [5.74, 6) is 2.48. The van der Waals surface area contributed by atoms with Gasteiger partial charge in [-0.2, -0.15) is 0 Å². The van der Waals surface area contributed by atoms with Crippen LogP contribution in [-0.4, -0.2) is 23.9 Å². The minimum atomic E-state index is -0.343. The third-order valence-corrected chi connectivity index (χ3v) is 1.72. The fraction of sp³-hybridized carbons (Fsp3) is 0.750. The highest BCUT2D eigenvalue weighted by atomic mass is 16.5. The van der Waals surface area contributed by atoms with Gasteiger partial charge in [0.2, 0.25) is 0 Å². The van der Waals surface area contributed by atoms with E-state index in [4.69, 9.17) is 11.2 Å². The standard InChI is InChI=1S/C8H12O2/c1-2-4-8-7(9)5-3-6-10-8/h1,7-9H,3-6H2/t7-,8+/m0/s1. The Labute approximate surface area is 61.2 Å². The van der Waals surface area contributed by atoms with Crippen molar-refractivity contribution in [1.82, 2.24) is 0 Å². The summed E-state index contributed by atoms with van der Waals surface area (Å²) in [7, 11) is 0. The summed E-state index contributed by atoms with van der Waals surface area (Å²) in [5, 5.41) is 9.28. The summed E-state index contributed by atoms with van der Waals surface area (Å²) < 4.78 is 5.24. The van der Waals surface area contributed by atoms with Gasteiger partial charge in [0.1, 0.15) is 0 Å². The number of terminal acetylenes is 1. The van der Waals surface area contributed by atoms with E-state index in [9.17, 15) is 5.11 Å². The maximum atomic E-state index is 9.28. The lowest BCUT2D eigenvalue weighted by Gasteiger charge is -2.26. The van der Waals surface area contributed by atoms with Crippen molar-refractivity contribution in [2.24, 2.45) is 0 Å². The SMILES string of the molecule is C#CC[C@H]1OCCC[C@@H]1O. The van der Waals surface area contributed by atoms with Crippen LogP contribution in [0.4, 0.5) is 0 Å². The van der Waals surface area contributed by atoms with Crippen molar-refractivity contribution in [2.45, 2.75) is 31.5 Å². The molecule has 10 heavy (non-hydrogen) atoms. The maximum Gasteiger partial charge on any atom is 0.0942 e. The van der Waals surface area contributed by atoms with Crippen LogP contribution in [0.2, 0.25) is 0 Å². The van der Waals surface area contributed by atoms with Gasteiger partial charge in [0.15, 0.2) is 0 Å². The Morgan fingerprint density at radius 2 is 2.50 bits per heavy atom. The van der Waals surface area contributed by atoms with Crippen molar-refractivity contribution in [1.29, 1.82) is 0 Å². The van der Waals surface area contributed by atoms with E-state index in [0.717, 1.165) is 19.4 Å². The Morgan fingerprint density at radius 1 is 1.70 bits per heavy atom. The van der Waals surface area contributed by atoms with Crippen LogP contribution in [0, 0.1) is 12.3 Å². The Hall–Kier alpha value is -0.520. The maximum absolute atomic E-state index is 9.28. The number of aliphatic hydroxyl groups excluding tert-OH is 1. The highest BCUT2D eigenvalue weighted by Crippen LogP contribution is 2.15. The number of rotatable bonds is 1. The molecule has 56 valence electrons. The molecule has 2 heteroatoms. The minimum Gasteiger partial charge on any atom is -0.390 e. The van der Waals surface area contributed by atoms with Crippen LogP contribution in [0.1, 0.15) is 19.3 Å². The van der Waals surface area contributed by atoms with Gasteiger partial charge in [-0.05, 0) is 12.8 Å². The molecule has 0 aromatic carbocycles. The molecule has 0 amide bonds. The van der Waals surface area contributed by atoms with Crippen molar-refractivity contribution in [3.63, 3.8) is 0 Å². The van der Waals surface area contributed by atoms with Crippen LogP contribution in [0.25, 0.3) is 0 Å². The number of hydrogen-bond acceptors (Lipinski definition) is 2. The molecule has 2 nitrogen and oxygen atoms in total. The first-order valence-electron chi connectivity index (χ1n) is 3.57. The van der Waals surface area contributed by atoms with Crippen molar-refractivity contribution in [2.75, 3.05) is 6.61 Å². The largest absolute Gasteiger partial charge is 0.390 e. The molecule has 0 aromatic rings. The summed E-state index contributed by atoms with van der Waals surface area (Å²) in [5.41, 5.74) is 0. The van der Waals surface area contributed by atoms with Gasteiger partial charge in [-0.3, -0.25) is 0 Å². The third kappa shape index (κ3) is 1.73. The summed E-state index contributed by atoms with van der Waals surface area (Å²) in [6.45, 7) is 0.739. The smallest absolute Gasteiger partial charge is 0.0942 e. The average Bonchev–Trinajstić information content (AvgIpc) is 1.94. The molecule has 0 saturated carbocycles. The predicted molar refractivity (Wildman–Crippen MR) is 38.4 cm³/mol. The Morgan fingerprint density at radius 3 is 3.10 bits per heavy atom. The Balaban J connectivity index is 2.34. The second kappa shape index (κ2) is 3.60. The first-order valence-corrected chi connectivity index (χ1v) is 3.57. The van der Waals surface area contributed by atoms with Gasteiger partial charge in [0, 0.05) is 13.0 Å². The summed E-state index contributed by atoms with van der Waals surface area (Å²) in [6.07, 6.45) is 6.93. The summed E-state index contributed by atoms with van der Waals surface area (Å²) in [4.78, 5) is 0. The van der Waals surface area contributed by atoms with E-state index in [1.165, 1.54) is 0 Å². The number of ether oxygens (including phenoxy) is 1. The van der Waals surface area contributed by atoms with Crippen LogP contribution in [0.5, 0.6) is 0 Å². The molecule has 1 aliphatic rings. The predicted octanol–water partition coefficient (Wildman–Crippen LogP) is 0.550. The number of aliphatic hydroxyl groups is 1. The molecule has 0 radical (unpaired) electrons. The highest BCUT2D eigenvalue weighted by molar-refractivity contribution is 4.90. The van der Waals surface area contributed by atoms with E-state index >= 15 is 0 Å². The molecule has 1 saturated heterocycles. The van der Waals surface area contributed by atoms with E-state index in [-0.39, 0.29) is 12.2 Å². The van der Waals surface area contributed by atoms with Crippen molar-refractivity contribution >= 4 is 0 Å². The molecule has 1 N–H and O–H groups in total. The topological polar surface area (TPSA) is 29.5 Å². The van der Waals surface area contributed by atoms with Crippen LogP contribution in [-0.2, 0) is 4.74 Å². The summed E-state index contributed by atoms with van der Waals surface area (Å²) in [6, 6.07) is 0. The molecule has 0 aliphatic carbocycles. The van der Waals surface area contributed by atoms with Gasteiger partial charge in [0.05, 0.1) is 12.2 Å². The second-order valence-corrected chi connectivity index (χ2v) is 2.53. The molecule has 1 aliphatic heterocycles. The molecule has 1 fully saturated rings. The van der Waals surface area contributed by atoms with Crippen LogP contribution in [0.3, 0.4) is 0 Å². The fourth-order valence-electron chi connectivity index (χ4n) is 1.14. The second-order valence-electron chi connectivity index (χ2n) is 2.53. The zero-order chi connectivity index (χ0) is 7.40. The molecule has 2 atom stereocenters. The highest BCUT2D eigenvalue weighted by Gasteiger charge is 2.22. The monoisotopic (exact) mass is 140 g/mol. The van der Waals surface area contributed by atoms with Gasteiger partial charge in [-0.25, -0.2) is 0 Å². The lowest BCUT2D eigenvalue weighted by Crippen LogP contribution is -2.33. The normalized spacial score (nSPS) is 33.2. The molecular weight excluding hydrogens is 128 g/mol. The Kier molecular flexibility index (Phi) is 2.73. The van der Waals surface area contributed by atoms with Crippen molar-refractivity contribution < 1.29 is 9.84 Å². The lowest BCUT2D eigenvalue weighted by molar-refractivity contribution is -0.0703. The van der Waals surface area contributed by atoms with Gasteiger partial charge in [0.25, 0.3) is 0 Å². The van der Waals surface area contributed by atoms with Gasteiger partial charge in [-0.1, -0.05) is 0 Å². The van der Waals surface area contributed by atoms with Crippen LogP contribution >= 0.6 is 0 Å². The molecule has 0 unspecified atom stereocenters. The molecule has 1 rings (SSSR count). The van der Waals surface area contributed by atoms with Crippen LogP contribution < -0.4 is 0 Å². The summed E-state index contributed by atoms with van der Waals surface area (Å²) >= 11 is 0. The molecule has 1 heterocycles. The lowest BCUT2D eigenvalue weighted by atomic mass is 10.0. The first kappa shape index (κ1) is 7.59. The van der Waals surface area contributed by atoms with Crippen molar-refractivity contribution in [3.8, 4) is 12.3 Å². The quantitative estimate of drug-likeness (QED) is 0.539. The zero-order valence-corrected chi connectivity index (χ0v) is 5.92. The van der Waals surface area contributed by atoms with Gasteiger partial charge in [-0.15, -0.1) is 12.3 Å². The van der Waals surface area contributed by atoms with E-state index in [1.54, 1.807) is 0 Å². The molecule has 0 bridgehead atoms. The average molecular weight is 140 g/mol. The first-order chi connectivity index (χ1) is 4.84. The molecular formula is C8H12O2. The molecule has 0 spiro atoms. The third-order valence-electron chi connectivity index (χ3n) is 1.72. The van der Waals surface area contributed by atoms with E-state index < -0.39 is 0 Å². The van der Waals surface area contributed by atoms with Crippen LogP contribution in [0.15, 0.2) is 0 Å². The number of hydrogen-bond donors (Lipinski definition) is 1. The zero-order valence-electron chi connectivity index (χ0n) is 5.92.